The fourth-order valence-electron chi connectivity index (χ4n) is 0.625. The number of rotatable bonds is 3. The Hall–Kier alpha value is -1.51. The first-order valence-electron chi connectivity index (χ1n) is 3.99. The molecule has 1 aromatic carbocycles. The normalized spacial score (nSPS) is 7.85. The molecule has 0 N–H and O–H groups in total. The summed E-state index contributed by atoms with van der Waals surface area (Å²) in [5.74, 6) is 0.910. The van der Waals surface area contributed by atoms with Crippen LogP contribution in [0.2, 0.25) is 0 Å². The van der Waals surface area contributed by atoms with Crippen LogP contribution in [-0.2, 0) is 9.53 Å². The third-order valence-electron chi connectivity index (χ3n) is 1.21. The van der Waals surface area contributed by atoms with E-state index in [4.69, 9.17) is 4.74 Å². The molecule has 0 heterocycles. The van der Waals surface area contributed by atoms with E-state index in [9.17, 15) is 4.79 Å². The highest BCUT2D eigenvalue weighted by atomic mass is 16.5. The van der Waals surface area contributed by atoms with Crippen LogP contribution in [-0.4, -0.2) is 20.2 Å². The van der Waals surface area contributed by atoms with Crippen molar-refractivity contribution >= 4 is 6.47 Å². The minimum absolute atomic E-state index is 0.431. The summed E-state index contributed by atoms with van der Waals surface area (Å²) in [7, 11) is 1.66. The number of hydrogen-bond acceptors (Lipinski definition) is 3. The zero-order valence-electron chi connectivity index (χ0n) is 7.90. The lowest BCUT2D eigenvalue weighted by molar-refractivity contribution is -0.128. The van der Waals surface area contributed by atoms with Gasteiger partial charge in [0, 0.05) is 0 Å². The lowest BCUT2D eigenvalue weighted by Gasteiger charge is -1.93. The molecule has 0 unspecified atom stereocenters. The van der Waals surface area contributed by atoms with Crippen molar-refractivity contribution in [2.24, 2.45) is 0 Å². The van der Waals surface area contributed by atoms with Gasteiger partial charge in [-0.3, -0.25) is 4.79 Å². The Morgan fingerprint density at radius 2 is 1.92 bits per heavy atom. The molecule has 1 rings (SSSR count). The molecular weight excluding hydrogens is 168 g/mol. The fraction of sp³-hybridized carbons (Fsp3) is 0.300. The predicted molar refractivity (Wildman–Crippen MR) is 50.7 cm³/mol. The highest BCUT2D eigenvalue weighted by molar-refractivity contribution is 5.36. The second-order valence-electron chi connectivity index (χ2n) is 2.07. The molecule has 0 radical (unpaired) electrons. The second-order valence-corrected chi connectivity index (χ2v) is 2.07. The molecule has 0 aliphatic carbocycles. The van der Waals surface area contributed by atoms with Crippen LogP contribution in [0, 0.1) is 0 Å². The minimum atomic E-state index is 0.431. The second kappa shape index (κ2) is 8.59. The van der Waals surface area contributed by atoms with E-state index in [1.807, 2.05) is 30.3 Å². The zero-order valence-corrected chi connectivity index (χ0v) is 7.90. The first-order valence-corrected chi connectivity index (χ1v) is 3.99. The molecule has 0 saturated heterocycles. The van der Waals surface area contributed by atoms with Crippen molar-refractivity contribution in [2.45, 2.75) is 6.92 Å². The Bertz CT molecular complexity index is 209. The monoisotopic (exact) mass is 182 g/mol. The van der Waals surface area contributed by atoms with E-state index in [1.54, 1.807) is 14.0 Å². The number of carbonyl (C=O) groups is 1. The van der Waals surface area contributed by atoms with Gasteiger partial charge in [0.15, 0.2) is 0 Å². The molecule has 0 bridgehead atoms. The van der Waals surface area contributed by atoms with E-state index >= 15 is 0 Å². The Morgan fingerprint density at radius 3 is 2.15 bits per heavy atom. The quantitative estimate of drug-likeness (QED) is 0.669. The van der Waals surface area contributed by atoms with Crippen LogP contribution in [0.25, 0.3) is 0 Å². The molecule has 0 aliphatic rings. The number of ether oxygens (including phenoxy) is 2. The maximum absolute atomic E-state index is 9.18. The smallest absolute Gasteiger partial charge is 0.293 e. The average molecular weight is 182 g/mol. The Labute approximate surface area is 78.3 Å². The standard InChI is InChI=1S/C7H8O.C3H6O2/c1-8-7-5-3-2-4-6-7;1-2-5-3-4/h2-6H,1H3;3H,2H2,1H3. The van der Waals surface area contributed by atoms with Gasteiger partial charge in [-0.2, -0.15) is 0 Å². The van der Waals surface area contributed by atoms with Crippen molar-refractivity contribution in [3.63, 3.8) is 0 Å². The summed E-state index contributed by atoms with van der Waals surface area (Å²) in [6.07, 6.45) is 0. The SMILES string of the molecule is CCOC=O.COc1ccccc1. The summed E-state index contributed by atoms with van der Waals surface area (Å²) < 4.78 is 9.07. The van der Waals surface area contributed by atoms with Gasteiger partial charge in [0.1, 0.15) is 5.75 Å². The average Bonchev–Trinajstić information content (AvgIpc) is 2.21. The van der Waals surface area contributed by atoms with Gasteiger partial charge >= 0.3 is 0 Å². The van der Waals surface area contributed by atoms with Crippen LogP contribution in [0.5, 0.6) is 5.75 Å². The van der Waals surface area contributed by atoms with E-state index in [0.29, 0.717) is 13.1 Å². The summed E-state index contributed by atoms with van der Waals surface area (Å²) in [6.45, 7) is 2.66. The Kier molecular flexibility index (Phi) is 7.59. The number of methoxy groups -OCH3 is 1. The van der Waals surface area contributed by atoms with E-state index in [1.165, 1.54) is 0 Å². The summed E-state index contributed by atoms with van der Waals surface area (Å²) in [6, 6.07) is 9.68. The van der Waals surface area contributed by atoms with E-state index in [-0.39, 0.29) is 0 Å². The summed E-state index contributed by atoms with van der Waals surface area (Å²) in [4.78, 5) is 9.18. The molecule has 3 heteroatoms. The van der Waals surface area contributed by atoms with Gasteiger partial charge in [-0.05, 0) is 19.1 Å². The van der Waals surface area contributed by atoms with Gasteiger partial charge in [-0.1, -0.05) is 18.2 Å². The Morgan fingerprint density at radius 1 is 1.31 bits per heavy atom. The molecule has 1 aromatic rings. The molecule has 0 fully saturated rings. The van der Waals surface area contributed by atoms with Crippen LogP contribution in [0.3, 0.4) is 0 Å². The van der Waals surface area contributed by atoms with Crippen molar-refractivity contribution in [1.82, 2.24) is 0 Å². The van der Waals surface area contributed by atoms with Gasteiger partial charge in [0.2, 0.25) is 0 Å². The van der Waals surface area contributed by atoms with Gasteiger partial charge in [-0.25, -0.2) is 0 Å². The number of hydrogen-bond donors (Lipinski definition) is 0. The van der Waals surface area contributed by atoms with Gasteiger partial charge in [-0.15, -0.1) is 0 Å². The minimum Gasteiger partial charge on any atom is -0.497 e. The van der Waals surface area contributed by atoms with E-state index < -0.39 is 0 Å². The predicted octanol–water partition coefficient (Wildman–Crippen LogP) is 1.87. The molecule has 72 valence electrons. The molecule has 0 amide bonds. The summed E-state index contributed by atoms with van der Waals surface area (Å²) in [5, 5.41) is 0. The molecular formula is C10H14O3. The van der Waals surface area contributed by atoms with Crippen LogP contribution in [0.1, 0.15) is 6.92 Å². The lowest BCUT2D eigenvalue weighted by atomic mass is 10.3. The maximum atomic E-state index is 9.18. The summed E-state index contributed by atoms with van der Waals surface area (Å²) in [5.41, 5.74) is 0. The molecule has 3 nitrogen and oxygen atoms in total. The van der Waals surface area contributed by atoms with Gasteiger partial charge in [0.05, 0.1) is 13.7 Å². The van der Waals surface area contributed by atoms with Crippen LogP contribution >= 0.6 is 0 Å². The Balaban J connectivity index is 0.000000252. The topological polar surface area (TPSA) is 35.5 Å². The highest BCUT2D eigenvalue weighted by Crippen LogP contribution is 2.05. The molecule has 0 spiro atoms. The third kappa shape index (κ3) is 6.87. The van der Waals surface area contributed by atoms with Crippen molar-refractivity contribution in [1.29, 1.82) is 0 Å². The van der Waals surface area contributed by atoms with E-state index in [2.05, 4.69) is 4.74 Å². The highest BCUT2D eigenvalue weighted by Gasteiger charge is 1.80. The number of carbonyl (C=O) groups excluding carboxylic acids is 1. The third-order valence-corrected chi connectivity index (χ3v) is 1.21. The van der Waals surface area contributed by atoms with Crippen molar-refractivity contribution < 1.29 is 14.3 Å². The number of para-hydroxylation sites is 1. The molecule has 13 heavy (non-hydrogen) atoms. The van der Waals surface area contributed by atoms with Gasteiger partial charge < -0.3 is 9.47 Å². The largest absolute Gasteiger partial charge is 0.497 e. The number of benzene rings is 1. The first kappa shape index (κ1) is 11.5. The fourth-order valence-corrected chi connectivity index (χ4v) is 0.625. The first-order chi connectivity index (χ1) is 6.35. The molecule has 0 atom stereocenters. The molecule has 0 aliphatic heterocycles. The van der Waals surface area contributed by atoms with Gasteiger partial charge in [0.25, 0.3) is 6.47 Å². The zero-order chi connectivity index (χ0) is 9.94. The van der Waals surface area contributed by atoms with E-state index in [0.717, 1.165) is 5.75 Å². The van der Waals surface area contributed by atoms with Crippen LogP contribution in [0.4, 0.5) is 0 Å². The van der Waals surface area contributed by atoms with Crippen molar-refractivity contribution in [3.8, 4) is 5.75 Å². The molecule has 0 saturated carbocycles. The summed E-state index contributed by atoms with van der Waals surface area (Å²) >= 11 is 0. The van der Waals surface area contributed by atoms with Crippen LogP contribution in [0.15, 0.2) is 30.3 Å². The van der Waals surface area contributed by atoms with Crippen LogP contribution < -0.4 is 4.74 Å². The van der Waals surface area contributed by atoms with Crippen molar-refractivity contribution in [2.75, 3.05) is 13.7 Å². The molecule has 0 aromatic heterocycles. The maximum Gasteiger partial charge on any atom is 0.293 e. The lowest BCUT2D eigenvalue weighted by Crippen LogP contribution is -1.80. The van der Waals surface area contributed by atoms with Crippen molar-refractivity contribution in [3.05, 3.63) is 30.3 Å².